The first kappa shape index (κ1) is 8.68. The number of nitrogens with one attached hydrogen (secondary N) is 1. The van der Waals surface area contributed by atoms with Crippen LogP contribution in [0.15, 0.2) is 0 Å². The van der Waals surface area contributed by atoms with Crippen molar-refractivity contribution >= 4 is 17.5 Å². The highest BCUT2D eigenvalue weighted by molar-refractivity contribution is 6.27. The Balaban J connectivity index is 3.34. The van der Waals surface area contributed by atoms with Gasteiger partial charge in [-0.25, -0.2) is 0 Å². The minimum Gasteiger partial charge on any atom is -0.392 e. The summed E-state index contributed by atoms with van der Waals surface area (Å²) >= 11 is 5.05. The van der Waals surface area contributed by atoms with Crippen molar-refractivity contribution in [1.29, 1.82) is 0 Å². The zero-order valence-electron chi connectivity index (χ0n) is 4.67. The molecule has 0 heterocycles. The lowest BCUT2D eigenvalue weighted by molar-refractivity contribution is -0.122. The molecule has 0 fully saturated rings. The molecular weight excluding hydrogens is 146 g/mol. The maximum atomic E-state index is 10.3. The first-order valence-electron chi connectivity index (χ1n) is 2.35. The van der Waals surface area contributed by atoms with Gasteiger partial charge in [0.2, 0.25) is 5.91 Å². The molecule has 0 rings (SSSR count). The third kappa shape index (κ3) is 4.20. The van der Waals surface area contributed by atoms with E-state index in [-0.39, 0.29) is 5.88 Å². The molecule has 0 aromatic rings. The molecule has 1 atom stereocenters. The van der Waals surface area contributed by atoms with Gasteiger partial charge in [0, 0.05) is 0 Å². The molecule has 0 radical (unpaired) electrons. The average Bonchev–Trinajstić information content (AvgIpc) is 1.87. The molecule has 5 heteroatoms. The molecule has 3 N–H and O–H groups in total. The first-order valence-corrected chi connectivity index (χ1v) is 2.88. The SMILES string of the molecule is O=C(CCl)NC(O)CO. The number of hydrogen-bond acceptors (Lipinski definition) is 3. The number of hydrogen-bond donors (Lipinski definition) is 3. The second-order valence-electron chi connectivity index (χ2n) is 1.40. The van der Waals surface area contributed by atoms with E-state index in [0.717, 1.165) is 0 Å². The van der Waals surface area contributed by atoms with Crippen LogP contribution in [0.4, 0.5) is 0 Å². The predicted molar refractivity (Wildman–Crippen MR) is 32.0 cm³/mol. The van der Waals surface area contributed by atoms with Gasteiger partial charge in [-0.1, -0.05) is 0 Å². The van der Waals surface area contributed by atoms with E-state index in [4.69, 9.17) is 21.8 Å². The van der Waals surface area contributed by atoms with E-state index in [9.17, 15) is 4.79 Å². The fourth-order valence-electron chi connectivity index (χ4n) is 0.270. The van der Waals surface area contributed by atoms with Crippen molar-refractivity contribution in [2.24, 2.45) is 0 Å². The molecule has 0 spiro atoms. The third-order valence-corrected chi connectivity index (χ3v) is 0.865. The van der Waals surface area contributed by atoms with Gasteiger partial charge in [-0.05, 0) is 0 Å². The summed E-state index contributed by atoms with van der Waals surface area (Å²) in [5, 5.41) is 18.7. The molecule has 0 saturated carbocycles. The molecule has 0 aliphatic rings. The summed E-state index contributed by atoms with van der Waals surface area (Å²) in [4.78, 5) is 10.3. The Morgan fingerprint density at radius 2 is 2.33 bits per heavy atom. The van der Waals surface area contributed by atoms with E-state index in [1.807, 2.05) is 5.32 Å². The Labute approximate surface area is 57.4 Å². The smallest absolute Gasteiger partial charge is 0.236 e. The minimum atomic E-state index is -1.20. The van der Waals surface area contributed by atoms with Gasteiger partial charge in [0.05, 0.1) is 6.61 Å². The zero-order valence-corrected chi connectivity index (χ0v) is 5.43. The van der Waals surface area contributed by atoms with Gasteiger partial charge in [0.1, 0.15) is 12.1 Å². The number of rotatable bonds is 3. The van der Waals surface area contributed by atoms with Gasteiger partial charge in [0.25, 0.3) is 0 Å². The van der Waals surface area contributed by atoms with E-state index < -0.39 is 18.7 Å². The predicted octanol–water partition coefficient (Wildman–Crippen LogP) is -1.35. The third-order valence-electron chi connectivity index (χ3n) is 0.622. The minimum absolute atomic E-state index is 0.211. The van der Waals surface area contributed by atoms with Gasteiger partial charge < -0.3 is 15.5 Å². The number of carbonyl (C=O) groups is 1. The number of halogens is 1. The molecule has 0 aromatic carbocycles. The summed E-state index contributed by atoms with van der Waals surface area (Å²) in [6, 6.07) is 0. The van der Waals surface area contributed by atoms with E-state index in [2.05, 4.69) is 0 Å². The molecule has 1 unspecified atom stereocenters. The van der Waals surface area contributed by atoms with Crippen molar-refractivity contribution < 1.29 is 15.0 Å². The van der Waals surface area contributed by atoms with Gasteiger partial charge in [-0.3, -0.25) is 4.79 Å². The van der Waals surface area contributed by atoms with Crippen molar-refractivity contribution in [1.82, 2.24) is 5.32 Å². The van der Waals surface area contributed by atoms with Gasteiger partial charge in [-0.2, -0.15) is 0 Å². The van der Waals surface area contributed by atoms with Gasteiger partial charge in [-0.15, -0.1) is 11.6 Å². The Hall–Kier alpha value is -0.320. The van der Waals surface area contributed by atoms with Crippen LogP contribution < -0.4 is 5.32 Å². The summed E-state index contributed by atoms with van der Waals surface area (Å²) in [7, 11) is 0. The molecule has 0 saturated heterocycles. The molecule has 54 valence electrons. The van der Waals surface area contributed by atoms with Crippen molar-refractivity contribution in [3.63, 3.8) is 0 Å². The molecule has 0 aliphatic carbocycles. The second-order valence-corrected chi connectivity index (χ2v) is 1.67. The van der Waals surface area contributed by atoms with Crippen LogP contribution in [-0.4, -0.2) is 34.8 Å². The molecule has 4 nitrogen and oxygen atoms in total. The Morgan fingerprint density at radius 1 is 1.78 bits per heavy atom. The molecular formula is C4H8ClNO3. The Kier molecular flexibility index (Phi) is 4.39. The van der Waals surface area contributed by atoms with Crippen LogP contribution in [0.3, 0.4) is 0 Å². The lowest BCUT2D eigenvalue weighted by Gasteiger charge is -2.06. The van der Waals surface area contributed by atoms with Gasteiger partial charge >= 0.3 is 0 Å². The van der Waals surface area contributed by atoms with Crippen molar-refractivity contribution in [2.75, 3.05) is 12.5 Å². The van der Waals surface area contributed by atoms with Crippen molar-refractivity contribution in [2.45, 2.75) is 6.23 Å². The summed E-state index contributed by atoms with van der Waals surface area (Å²) in [6.07, 6.45) is -1.20. The lowest BCUT2D eigenvalue weighted by Crippen LogP contribution is -2.37. The van der Waals surface area contributed by atoms with Crippen LogP contribution >= 0.6 is 11.6 Å². The van der Waals surface area contributed by atoms with Crippen LogP contribution in [-0.2, 0) is 4.79 Å². The molecule has 1 amide bonds. The quantitative estimate of drug-likeness (QED) is 0.347. The Morgan fingerprint density at radius 3 is 2.67 bits per heavy atom. The fraction of sp³-hybridized carbons (Fsp3) is 0.750. The van der Waals surface area contributed by atoms with E-state index in [0.29, 0.717) is 0 Å². The maximum absolute atomic E-state index is 10.3. The highest BCUT2D eigenvalue weighted by atomic mass is 35.5. The van der Waals surface area contributed by atoms with Crippen molar-refractivity contribution in [3.8, 4) is 0 Å². The van der Waals surface area contributed by atoms with Crippen molar-refractivity contribution in [3.05, 3.63) is 0 Å². The second kappa shape index (κ2) is 4.55. The lowest BCUT2D eigenvalue weighted by atomic mass is 10.5. The highest BCUT2D eigenvalue weighted by Gasteiger charge is 2.03. The van der Waals surface area contributed by atoms with Crippen LogP contribution in [0.1, 0.15) is 0 Å². The van der Waals surface area contributed by atoms with E-state index in [1.54, 1.807) is 0 Å². The molecule has 0 bridgehead atoms. The summed E-state index contributed by atoms with van der Waals surface area (Å²) in [5.74, 6) is -0.713. The molecule has 0 aromatic heterocycles. The summed E-state index contributed by atoms with van der Waals surface area (Å²) in [5.41, 5.74) is 0. The van der Waals surface area contributed by atoms with Crippen LogP contribution in [0.25, 0.3) is 0 Å². The zero-order chi connectivity index (χ0) is 7.28. The monoisotopic (exact) mass is 153 g/mol. The van der Waals surface area contributed by atoms with Crippen LogP contribution in [0.5, 0.6) is 0 Å². The number of aliphatic hydroxyl groups excluding tert-OH is 2. The van der Waals surface area contributed by atoms with Crippen LogP contribution in [0.2, 0.25) is 0 Å². The van der Waals surface area contributed by atoms with Crippen LogP contribution in [0, 0.1) is 0 Å². The Bertz CT molecular complexity index is 97.8. The summed E-state index contributed by atoms with van der Waals surface area (Å²) < 4.78 is 0. The summed E-state index contributed by atoms with van der Waals surface area (Å²) in [6.45, 7) is -0.497. The number of alkyl halides is 1. The van der Waals surface area contributed by atoms with E-state index in [1.165, 1.54) is 0 Å². The van der Waals surface area contributed by atoms with E-state index >= 15 is 0 Å². The maximum Gasteiger partial charge on any atom is 0.236 e. The number of aliphatic hydroxyl groups is 2. The number of amides is 1. The van der Waals surface area contributed by atoms with Gasteiger partial charge in [0.15, 0.2) is 0 Å². The molecule has 0 aliphatic heterocycles. The standard InChI is InChI=1S/C4H8ClNO3/c5-1-3(8)6-4(9)2-7/h4,7,9H,1-2H2,(H,6,8). The highest BCUT2D eigenvalue weighted by Crippen LogP contribution is 1.77. The normalized spacial score (nSPS) is 12.8. The largest absolute Gasteiger partial charge is 0.392 e. The first-order chi connectivity index (χ1) is 4.20. The topological polar surface area (TPSA) is 69.6 Å². The number of carbonyl (C=O) groups excluding carboxylic acids is 1. The molecule has 9 heavy (non-hydrogen) atoms. The fourth-order valence-corrected chi connectivity index (χ4v) is 0.347. The average molecular weight is 154 g/mol.